The predicted molar refractivity (Wildman–Crippen MR) is 67.7 cm³/mol. The molecule has 1 unspecified atom stereocenters. The maximum absolute atomic E-state index is 5.47. The van der Waals surface area contributed by atoms with Crippen LogP contribution in [0.15, 0.2) is 18.3 Å². The molecule has 1 aromatic rings. The third-order valence-corrected chi connectivity index (χ3v) is 2.55. The number of aryl methyl sites for hydroxylation is 1. The van der Waals surface area contributed by atoms with E-state index in [0.29, 0.717) is 12.0 Å². The lowest BCUT2D eigenvalue weighted by molar-refractivity contribution is 0.126. The van der Waals surface area contributed by atoms with Gasteiger partial charge in [-0.05, 0) is 37.5 Å². The van der Waals surface area contributed by atoms with Crippen LogP contribution in [0, 0.1) is 12.8 Å². The van der Waals surface area contributed by atoms with Crippen LogP contribution in [0.5, 0.6) is 0 Å². The minimum Gasteiger partial charge on any atom is -0.380 e. The Hall–Kier alpha value is -1.09. The van der Waals surface area contributed by atoms with Gasteiger partial charge in [0.2, 0.25) is 0 Å². The van der Waals surface area contributed by atoms with Gasteiger partial charge in [-0.2, -0.15) is 0 Å². The lowest BCUT2D eigenvalue weighted by Crippen LogP contribution is -2.31. The van der Waals surface area contributed by atoms with Gasteiger partial charge in [0.15, 0.2) is 0 Å². The fourth-order valence-corrected chi connectivity index (χ4v) is 1.45. The largest absolute Gasteiger partial charge is 0.380 e. The zero-order valence-corrected chi connectivity index (χ0v) is 10.7. The topological polar surface area (TPSA) is 34.1 Å². The molecule has 16 heavy (non-hydrogen) atoms. The van der Waals surface area contributed by atoms with Crippen LogP contribution in [0.3, 0.4) is 0 Å². The smallest absolute Gasteiger partial charge is 0.126 e. The number of hydrogen-bond donors (Lipinski definition) is 1. The summed E-state index contributed by atoms with van der Waals surface area (Å²) in [6.07, 6.45) is 1.83. The van der Waals surface area contributed by atoms with Crippen molar-refractivity contribution in [3.05, 3.63) is 23.9 Å². The summed E-state index contributed by atoms with van der Waals surface area (Å²) >= 11 is 0. The third-order valence-electron chi connectivity index (χ3n) is 2.55. The summed E-state index contributed by atoms with van der Waals surface area (Å²) in [5.41, 5.74) is 1.22. The average Bonchev–Trinajstić information content (AvgIpc) is 2.24. The van der Waals surface area contributed by atoms with Crippen LogP contribution in [0.1, 0.15) is 26.3 Å². The molecule has 0 fully saturated rings. The number of nitrogens with one attached hydrogen (secondary N) is 1. The first-order chi connectivity index (χ1) is 7.63. The van der Waals surface area contributed by atoms with E-state index in [9.17, 15) is 0 Å². The van der Waals surface area contributed by atoms with Gasteiger partial charge in [-0.3, -0.25) is 0 Å². The molecular weight excluding hydrogens is 200 g/mol. The van der Waals surface area contributed by atoms with Crippen LogP contribution in [-0.2, 0) is 4.74 Å². The highest BCUT2D eigenvalue weighted by molar-refractivity contribution is 5.38. The van der Waals surface area contributed by atoms with Crippen molar-refractivity contribution >= 4 is 5.82 Å². The highest BCUT2D eigenvalue weighted by atomic mass is 16.5. The van der Waals surface area contributed by atoms with E-state index < -0.39 is 0 Å². The summed E-state index contributed by atoms with van der Waals surface area (Å²) in [5.74, 6) is 1.45. The standard InChI is InChI=1S/C13H22N2O/c1-5-16-9-12(10(2)3)15-13-8-11(4)6-7-14-13/h6-8,10,12H,5,9H2,1-4H3,(H,14,15). The molecule has 0 bridgehead atoms. The van der Waals surface area contributed by atoms with Gasteiger partial charge in [0, 0.05) is 12.8 Å². The predicted octanol–water partition coefficient (Wildman–Crippen LogP) is 2.86. The van der Waals surface area contributed by atoms with E-state index in [0.717, 1.165) is 19.0 Å². The summed E-state index contributed by atoms with van der Waals surface area (Å²) in [5, 5.41) is 3.42. The van der Waals surface area contributed by atoms with Crippen molar-refractivity contribution in [2.45, 2.75) is 33.7 Å². The molecule has 90 valence electrons. The Kier molecular flexibility index (Phi) is 5.26. The van der Waals surface area contributed by atoms with Crippen LogP contribution < -0.4 is 5.32 Å². The van der Waals surface area contributed by atoms with Crippen molar-refractivity contribution in [2.24, 2.45) is 5.92 Å². The molecule has 0 saturated carbocycles. The number of anilines is 1. The number of nitrogens with zero attached hydrogens (tertiary/aromatic N) is 1. The molecule has 3 nitrogen and oxygen atoms in total. The molecule has 0 saturated heterocycles. The van der Waals surface area contributed by atoms with Gasteiger partial charge in [-0.15, -0.1) is 0 Å². The second kappa shape index (κ2) is 6.48. The van der Waals surface area contributed by atoms with Gasteiger partial charge < -0.3 is 10.1 Å². The lowest BCUT2D eigenvalue weighted by Gasteiger charge is -2.22. The Morgan fingerprint density at radius 1 is 1.44 bits per heavy atom. The van der Waals surface area contributed by atoms with Crippen molar-refractivity contribution < 1.29 is 4.74 Å². The lowest BCUT2D eigenvalue weighted by atomic mass is 10.1. The van der Waals surface area contributed by atoms with Crippen LogP contribution in [0.25, 0.3) is 0 Å². The minimum absolute atomic E-state index is 0.314. The van der Waals surface area contributed by atoms with Crippen LogP contribution in [0.2, 0.25) is 0 Å². The number of hydrogen-bond acceptors (Lipinski definition) is 3. The van der Waals surface area contributed by atoms with Crippen molar-refractivity contribution in [1.29, 1.82) is 0 Å². The van der Waals surface area contributed by atoms with Crippen LogP contribution >= 0.6 is 0 Å². The molecule has 1 heterocycles. The number of aromatic nitrogens is 1. The number of rotatable bonds is 6. The van der Waals surface area contributed by atoms with Crippen molar-refractivity contribution in [2.75, 3.05) is 18.5 Å². The molecule has 3 heteroatoms. The summed E-state index contributed by atoms with van der Waals surface area (Å²) in [6, 6.07) is 4.37. The molecule has 1 rings (SSSR count). The molecule has 0 radical (unpaired) electrons. The highest BCUT2D eigenvalue weighted by Crippen LogP contribution is 2.12. The Morgan fingerprint density at radius 3 is 2.75 bits per heavy atom. The Labute approximate surface area is 98.2 Å². The maximum atomic E-state index is 5.47. The molecule has 0 aliphatic rings. The second-order valence-corrected chi connectivity index (χ2v) is 4.37. The van der Waals surface area contributed by atoms with Crippen molar-refractivity contribution in [3.8, 4) is 0 Å². The summed E-state index contributed by atoms with van der Waals surface area (Å²) in [4.78, 5) is 4.30. The quantitative estimate of drug-likeness (QED) is 0.803. The van der Waals surface area contributed by atoms with Crippen LogP contribution in [-0.4, -0.2) is 24.2 Å². The average molecular weight is 222 g/mol. The van der Waals surface area contributed by atoms with E-state index in [1.807, 2.05) is 19.2 Å². The van der Waals surface area contributed by atoms with Crippen molar-refractivity contribution in [1.82, 2.24) is 4.98 Å². The molecule has 1 aromatic heterocycles. The van der Waals surface area contributed by atoms with Gasteiger partial charge >= 0.3 is 0 Å². The van der Waals surface area contributed by atoms with Crippen LogP contribution in [0.4, 0.5) is 5.82 Å². The molecule has 0 aromatic carbocycles. The fraction of sp³-hybridized carbons (Fsp3) is 0.615. The van der Waals surface area contributed by atoms with E-state index in [-0.39, 0.29) is 0 Å². The first kappa shape index (κ1) is 13.0. The van der Waals surface area contributed by atoms with E-state index in [4.69, 9.17) is 4.74 Å². The van der Waals surface area contributed by atoms with Gasteiger partial charge in [0.25, 0.3) is 0 Å². The molecule has 1 atom stereocenters. The van der Waals surface area contributed by atoms with E-state index in [2.05, 4.69) is 37.1 Å². The van der Waals surface area contributed by atoms with E-state index in [1.165, 1.54) is 5.56 Å². The molecule has 1 N–H and O–H groups in total. The maximum Gasteiger partial charge on any atom is 0.126 e. The Bertz CT molecular complexity index is 313. The normalized spacial score (nSPS) is 12.8. The second-order valence-electron chi connectivity index (χ2n) is 4.37. The first-order valence-corrected chi connectivity index (χ1v) is 5.90. The number of pyridine rings is 1. The monoisotopic (exact) mass is 222 g/mol. The van der Waals surface area contributed by atoms with Gasteiger partial charge in [-0.1, -0.05) is 13.8 Å². The fourth-order valence-electron chi connectivity index (χ4n) is 1.45. The third kappa shape index (κ3) is 4.19. The molecule has 0 spiro atoms. The zero-order valence-electron chi connectivity index (χ0n) is 10.7. The summed E-state index contributed by atoms with van der Waals surface area (Å²) < 4.78 is 5.47. The van der Waals surface area contributed by atoms with Gasteiger partial charge in [0.1, 0.15) is 5.82 Å². The van der Waals surface area contributed by atoms with Gasteiger partial charge in [-0.25, -0.2) is 4.98 Å². The highest BCUT2D eigenvalue weighted by Gasteiger charge is 2.13. The SMILES string of the molecule is CCOCC(Nc1cc(C)ccn1)C(C)C. The van der Waals surface area contributed by atoms with E-state index in [1.54, 1.807) is 0 Å². The minimum atomic E-state index is 0.314. The molecule has 0 amide bonds. The zero-order chi connectivity index (χ0) is 12.0. The van der Waals surface area contributed by atoms with E-state index >= 15 is 0 Å². The van der Waals surface area contributed by atoms with Gasteiger partial charge in [0.05, 0.1) is 12.6 Å². The Balaban J connectivity index is 2.60. The Morgan fingerprint density at radius 2 is 2.19 bits per heavy atom. The molecule has 0 aliphatic heterocycles. The number of ether oxygens (including phenoxy) is 1. The summed E-state index contributed by atoms with van der Waals surface area (Å²) in [7, 11) is 0. The van der Waals surface area contributed by atoms with Crippen molar-refractivity contribution in [3.63, 3.8) is 0 Å². The first-order valence-electron chi connectivity index (χ1n) is 5.90. The summed E-state index contributed by atoms with van der Waals surface area (Å²) in [6.45, 7) is 9.94. The molecular formula is C13H22N2O. The molecule has 0 aliphatic carbocycles.